The van der Waals surface area contributed by atoms with Crippen LogP contribution in [0, 0.1) is 0 Å². The molecule has 0 aliphatic heterocycles. The minimum absolute atomic E-state index is 0.290. The first kappa shape index (κ1) is 17.8. The molecule has 0 aromatic heterocycles. The van der Waals surface area contributed by atoms with E-state index >= 15 is 0 Å². The number of carbonyl (C=O) groups is 1. The van der Waals surface area contributed by atoms with Gasteiger partial charge in [0.25, 0.3) is 0 Å². The zero-order valence-corrected chi connectivity index (χ0v) is 14.6. The molecule has 0 bridgehead atoms. The maximum absolute atomic E-state index is 12.4. The number of anilines is 1. The normalized spacial score (nSPS) is 12.7. The molecular weight excluding hydrogens is 357 g/mol. The molecule has 0 radical (unpaired) electrons. The molecule has 7 heteroatoms. The second kappa shape index (κ2) is 7.34. The molecule has 2 aromatic carbocycles. The Hall–Kier alpha value is -1.56. The van der Waals surface area contributed by atoms with Crippen molar-refractivity contribution < 1.29 is 13.2 Å². The van der Waals surface area contributed by atoms with Gasteiger partial charge in [-0.05, 0) is 42.8 Å². The average molecular weight is 372 g/mol. The molecule has 2 rings (SSSR count). The highest BCUT2D eigenvalue weighted by Crippen LogP contribution is 2.21. The number of hydrogen-bond donors (Lipinski definition) is 1. The van der Waals surface area contributed by atoms with Crippen LogP contribution in [0.1, 0.15) is 12.5 Å². The van der Waals surface area contributed by atoms with Crippen LogP contribution in [0.2, 0.25) is 10.0 Å². The molecule has 0 fully saturated rings. The fourth-order valence-electron chi connectivity index (χ4n) is 1.90. The van der Waals surface area contributed by atoms with Gasteiger partial charge in [-0.15, -0.1) is 0 Å². The van der Waals surface area contributed by atoms with Gasteiger partial charge in [-0.2, -0.15) is 0 Å². The summed E-state index contributed by atoms with van der Waals surface area (Å²) in [5, 5.41) is 2.26. The number of sulfone groups is 1. The molecular formula is C16H15Cl2NO3S. The number of carbonyl (C=O) groups excluding carboxylic acids is 1. The highest BCUT2D eigenvalue weighted by atomic mass is 35.5. The first-order chi connectivity index (χ1) is 10.8. The topological polar surface area (TPSA) is 63.2 Å². The average Bonchev–Trinajstić information content (AvgIpc) is 2.51. The summed E-state index contributed by atoms with van der Waals surface area (Å²) >= 11 is 11.7. The van der Waals surface area contributed by atoms with E-state index in [-0.39, 0.29) is 5.75 Å². The largest absolute Gasteiger partial charge is 0.325 e. The van der Waals surface area contributed by atoms with Crippen LogP contribution in [0.4, 0.5) is 5.69 Å². The molecule has 2 aromatic rings. The maximum Gasteiger partial charge on any atom is 0.242 e. The number of benzene rings is 2. The Morgan fingerprint density at radius 3 is 2.30 bits per heavy atom. The highest BCUT2D eigenvalue weighted by molar-refractivity contribution is 7.92. The van der Waals surface area contributed by atoms with Gasteiger partial charge in [0.1, 0.15) is 5.25 Å². The predicted octanol–water partition coefficient (Wildman–Crippen LogP) is 3.94. The minimum Gasteiger partial charge on any atom is -0.325 e. The molecule has 0 spiro atoms. The molecule has 23 heavy (non-hydrogen) atoms. The first-order valence-electron chi connectivity index (χ1n) is 6.81. The number of hydrogen-bond acceptors (Lipinski definition) is 3. The molecule has 1 atom stereocenters. The summed E-state index contributed by atoms with van der Waals surface area (Å²) < 4.78 is 24.8. The molecule has 0 saturated carbocycles. The van der Waals surface area contributed by atoms with E-state index in [4.69, 9.17) is 23.2 Å². The number of nitrogens with one attached hydrogen (secondary N) is 1. The molecule has 1 amide bonds. The van der Waals surface area contributed by atoms with E-state index in [1.54, 1.807) is 48.5 Å². The molecule has 0 heterocycles. The second-order valence-corrected chi connectivity index (χ2v) is 8.20. The van der Waals surface area contributed by atoms with E-state index in [2.05, 4.69) is 5.32 Å². The van der Waals surface area contributed by atoms with E-state index in [1.807, 2.05) is 0 Å². The number of halogens is 2. The summed E-state index contributed by atoms with van der Waals surface area (Å²) in [5.74, 6) is -0.888. The number of amides is 1. The smallest absolute Gasteiger partial charge is 0.242 e. The zero-order valence-electron chi connectivity index (χ0n) is 12.3. The Morgan fingerprint density at radius 1 is 1.09 bits per heavy atom. The highest BCUT2D eigenvalue weighted by Gasteiger charge is 2.28. The molecule has 122 valence electrons. The van der Waals surface area contributed by atoms with Gasteiger partial charge in [-0.1, -0.05) is 41.4 Å². The van der Waals surface area contributed by atoms with E-state index in [1.165, 1.54) is 6.92 Å². The monoisotopic (exact) mass is 371 g/mol. The van der Waals surface area contributed by atoms with E-state index in [9.17, 15) is 13.2 Å². The van der Waals surface area contributed by atoms with Gasteiger partial charge in [-0.3, -0.25) is 4.79 Å². The van der Waals surface area contributed by atoms with Crippen molar-refractivity contribution >= 4 is 44.6 Å². The molecule has 0 saturated heterocycles. The van der Waals surface area contributed by atoms with Crippen molar-refractivity contribution in [2.45, 2.75) is 17.9 Å². The van der Waals surface area contributed by atoms with E-state index < -0.39 is 21.0 Å². The van der Waals surface area contributed by atoms with Crippen LogP contribution >= 0.6 is 23.2 Å². The molecule has 0 aliphatic carbocycles. The van der Waals surface area contributed by atoms with Crippen LogP contribution in [0.3, 0.4) is 0 Å². The number of rotatable bonds is 5. The Bertz CT molecular complexity index is 804. The lowest BCUT2D eigenvalue weighted by Crippen LogP contribution is -2.33. The standard InChI is InChI=1S/C16H15Cl2NO3S/c1-11(16(20)19-14-8-6-13(17)7-9-14)23(21,22)10-12-4-2-3-5-15(12)18/h2-9,11H,10H2,1H3,(H,19,20)/t11-/m0/s1. The Balaban J connectivity index is 2.11. The molecule has 1 N–H and O–H groups in total. The van der Waals surface area contributed by atoms with Crippen molar-refractivity contribution in [2.24, 2.45) is 0 Å². The van der Waals surface area contributed by atoms with Crippen LogP contribution in [0.5, 0.6) is 0 Å². The molecule has 0 unspecified atom stereocenters. The van der Waals surface area contributed by atoms with Crippen molar-refractivity contribution in [3.63, 3.8) is 0 Å². The Labute approximate surface area is 145 Å². The van der Waals surface area contributed by atoms with Crippen molar-refractivity contribution in [2.75, 3.05) is 5.32 Å². The van der Waals surface area contributed by atoms with Gasteiger partial charge in [0, 0.05) is 15.7 Å². The lowest BCUT2D eigenvalue weighted by atomic mass is 10.2. The van der Waals surface area contributed by atoms with E-state index in [0.29, 0.717) is 21.3 Å². The van der Waals surface area contributed by atoms with Gasteiger partial charge in [-0.25, -0.2) is 8.42 Å². The van der Waals surface area contributed by atoms with Crippen molar-refractivity contribution in [1.82, 2.24) is 0 Å². The third kappa shape index (κ3) is 4.70. The van der Waals surface area contributed by atoms with E-state index in [0.717, 1.165) is 0 Å². The SMILES string of the molecule is C[C@@H](C(=O)Nc1ccc(Cl)cc1)S(=O)(=O)Cc1ccccc1Cl. The first-order valence-corrected chi connectivity index (χ1v) is 9.28. The Kier molecular flexibility index (Phi) is 5.68. The summed E-state index contributed by atoms with van der Waals surface area (Å²) in [7, 11) is -3.69. The molecule has 0 aliphatic rings. The predicted molar refractivity (Wildman–Crippen MR) is 93.6 cm³/mol. The maximum atomic E-state index is 12.4. The van der Waals surface area contributed by atoms with Crippen LogP contribution in [0.25, 0.3) is 0 Å². The van der Waals surface area contributed by atoms with Crippen LogP contribution in [-0.2, 0) is 20.4 Å². The lowest BCUT2D eigenvalue weighted by molar-refractivity contribution is -0.115. The van der Waals surface area contributed by atoms with Gasteiger partial charge < -0.3 is 5.32 Å². The fourth-order valence-corrected chi connectivity index (χ4v) is 3.63. The summed E-state index contributed by atoms with van der Waals surface area (Å²) in [4.78, 5) is 12.2. The zero-order chi connectivity index (χ0) is 17.0. The quantitative estimate of drug-likeness (QED) is 0.865. The van der Waals surface area contributed by atoms with Gasteiger partial charge in [0.15, 0.2) is 9.84 Å². The van der Waals surface area contributed by atoms with Crippen molar-refractivity contribution in [1.29, 1.82) is 0 Å². The summed E-state index contributed by atoms with van der Waals surface area (Å²) in [6.07, 6.45) is 0. The lowest BCUT2D eigenvalue weighted by Gasteiger charge is -2.14. The van der Waals surface area contributed by atoms with Crippen molar-refractivity contribution in [3.8, 4) is 0 Å². The molecule has 4 nitrogen and oxygen atoms in total. The second-order valence-electron chi connectivity index (χ2n) is 5.04. The van der Waals surface area contributed by atoms with Gasteiger partial charge in [0.05, 0.1) is 5.75 Å². The fraction of sp³-hybridized carbons (Fsp3) is 0.188. The third-order valence-corrected chi connectivity index (χ3v) is 5.96. The third-order valence-electron chi connectivity index (χ3n) is 3.33. The summed E-state index contributed by atoms with van der Waals surface area (Å²) in [6.45, 7) is 1.36. The Morgan fingerprint density at radius 2 is 1.70 bits per heavy atom. The van der Waals surface area contributed by atoms with Crippen LogP contribution in [-0.4, -0.2) is 19.6 Å². The van der Waals surface area contributed by atoms with Crippen molar-refractivity contribution in [3.05, 3.63) is 64.1 Å². The minimum atomic E-state index is -3.69. The van der Waals surface area contributed by atoms with Crippen LogP contribution < -0.4 is 5.32 Å². The summed E-state index contributed by atoms with van der Waals surface area (Å²) in [6, 6.07) is 13.1. The van der Waals surface area contributed by atoms with Gasteiger partial charge >= 0.3 is 0 Å². The van der Waals surface area contributed by atoms with Crippen LogP contribution in [0.15, 0.2) is 48.5 Å². The summed E-state index contributed by atoms with van der Waals surface area (Å²) in [5.41, 5.74) is 0.958. The van der Waals surface area contributed by atoms with Gasteiger partial charge in [0.2, 0.25) is 5.91 Å².